The molecule has 0 unspecified atom stereocenters. The minimum atomic E-state index is -1.03. The van der Waals surface area contributed by atoms with E-state index in [0.29, 0.717) is 36.2 Å². The van der Waals surface area contributed by atoms with Gasteiger partial charge in [-0.1, -0.05) is 6.07 Å². The lowest BCUT2D eigenvalue weighted by Gasteiger charge is -2.23. The maximum Gasteiger partial charge on any atom is 0.335 e. The Labute approximate surface area is 179 Å². The second-order valence-corrected chi connectivity index (χ2v) is 7.04. The summed E-state index contributed by atoms with van der Waals surface area (Å²) in [7, 11) is 0. The van der Waals surface area contributed by atoms with Crippen molar-refractivity contribution in [1.82, 2.24) is 9.97 Å². The second kappa shape index (κ2) is 9.24. The van der Waals surface area contributed by atoms with Crippen LogP contribution >= 0.6 is 0 Å². The highest BCUT2D eigenvalue weighted by atomic mass is 16.5. The van der Waals surface area contributed by atoms with Gasteiger partial charge in [0.15, 0.2) is 0 Å². The Morgan fingerprint density at radius 2 is 1.77 bits per heavy atom. The molecule has 8 nitrogen and oxygen atoms in total. The monoisotopic (exact) mass is 416 g/mol. The molecule has 0 saturated carbocycles. The van der Waals surface area contributed by atoms with Crippen LogP contribution in [0.1, 0.15) is 28.8 Å². The average molecular weight is 416 g/mol. The van der Waals surface area contributed by atoms with Crippen LogP contribution in [0, 0.1) is 11.3 Å². The lowest BCUT2D eigenvalue weighted by molar-refractivity contribution is 0.0254. The largest absolute Gasteiger partial charge is 0.489 e. The van der Waals surface area contributed by atoms with Crippen LogP contribution in [-0.2, 0) is 4.74 Å². The number of rotatable bonds is 6. The van der Waals surface area contributed by atoms with Crippen LogP contribution in [0.25, 0.3) is 11.1 Å². The molecular formula is C23H20N4O4. The zero-order valence-corrected chi connectivity index (χ0v) is 16.6. The molecular weight excluding hydrogens is 396 g/mol. The molecule has 0 amide bonds. The van der Waals surface area contributed by atoms with Gasteiger partial charge in [-0.15, -0.1) is 0 Å². The molecule has 31 heavy (non-hydrogen) atoms. The molecule has 1 fully saturated rings. The Hall–Kier alpha value is -3.96. The number of pyridine rings is 2. The molecule has 4 rings (SSSR count). The van der Waals surface area contributed by atoms with Crippen LogP contribution in [0.3, 0.4) is 0 Å². The van der Waals surface area contributed by atoms with Crippen molar-refractivity contribution >= 4 is 17.6 Å². The number of carboxylic acid groups (broad SMARTS) is 1. The zero-order valence-electron chi connectivity index (χ0n) is 16.6. The van der Waals surface area contributed by atoms with Gasteiger partial charge in [0.25, 0.3) is 0 Å². The fourth-order valence-corrected chi connectivity index (χ4v) is 3.31. The van der Waals surface area contributed by atoms with Crippen molar-refractivity contribution in [3.8, 4) is 22.9 Å². The first-order valence-corrected chi connectivity index (χ1v) is 9.84. The second-order valence-electron chi connectivity index (χ2n) is 7.04. The van der Waals surface area contributed by atoms with E-state index in [4.69, 9.17) is 14.6 Å². The quantitative estimate of drug-likeness (QED) is 0.619. The number of aromatic nitrogens is 2. The van der Waals surface area contributed by atoms with Gasteiger partial charge in [-0.05, 0) is 47.5 Å². The topological polar surface area (TPSA) is 117 Å². The summed E-state index contributed by atoms with van der Waals surface area (Å²) in [5.74, 6) is 0.426. The molecule has 1 aliphatic rings. The number of hydrogen-bond acceptors (Lipinski definition) is 7. The fourth-order valence-electron chi connectivity index (χ4n) is 3.31. The molecule has 0 spiro atoms. The van der Waals surface area contributed by atoms with E-state index in [9.17, 15) is 10.1 Å². The van der Waals surface area contributed by atoms with Crippen molar-refractivity contribution in [2.24, 2.45) is 0 Å². The highest BCUT2D eigenvalue weighted by Gasteiger charge is 2.17. The van der Waals surface area contributed by atoms with Gasteiger partial charge in [-0.2, -0.15) is 5.26 Å². The Bertz CT molecular complexity index is 1140. The van der Waals surface area contributed by atoms with E-state index in [1.54, 1.807) is 12.3 Å². The molecule has 0 radical (unpaired) electrons. The maximum atomic E-state index is 11.1. The van der Waals surface area contributed by atoms with Crippen LogP contribution in [0.2, 0.25) is 0 Å². The Balaban J connectivity index is 1.55. The number of anilines is 2. The average Bonchev–Trinajstić information content (AvgIpc) is 2.80. The summed E-state index contributed by atoms with van der Waals surface area (Å²) in [6, 6.07) is 14.2. The normalized spacial score (nSPS) is 13.9. The summed E-state index contributed by atoms with van der Waals surface area (Å²) in [4.78, 5) is 19.5. The highest BCUT2D eigenvalue weighted by Crippen LogP contribution is 2.29. The smallest absolute Gasteiger partial charge is 0.335 e. The summed E-state index contributed by atoms with van der Waals surface area (Å²) in [5.41, 5.74) is 2.29. The highest BCUT2D eigenvalue weighted by molar-refractivity contribution is 5.88. The predicted molar refractivity (Wildman–Crippen MR) is 113 cm³/mol. The van der Waals surface area contributed by atoms with Gasteiger partial charge in [0.1, 0.15) is 29.6 Å². The maximum absolute atomic E-state index is 11.1. The number of benzene rings is 1. The molecule has 0 bridgehead atoms. The van der Waals surface area contributed by atoms with Crippen molar-refractivity contribution < 1.29 is 19.4 Å². The molecule has 0 atom stereocenters. The van der Waals surface area contributed by atoms with Crippen molar-refractivity contribution in [1.29, 1.82) is 5.26 Å². The first-order chi connectivity index (χ1) is 15.1. The first-order valence-electron chi connectivity index (χ1n) is 9.84. The zero-order chi connectivity index (χ0) is 21.6. The molecule has 1 aliphatic heterocycles. The number of aromatic carboxylic acids is 1. The lowest BCUT2D eigenvalue weighted by Crippen LogP contribution is -2.26. The molecule has 2 aromatic heterocycles. The summed E-state index contributed by atoms with van der Waals surface area (Å²) >= 11 is 0. The standard InChI is InChI=1S/C23H20N4O4/c24-14-18-11-15(1-2-20(18)31-19-5-9-30-10-6-19)16-3-7-25-21(12-16)27-22-13-17(23(28)29)4-8-26-22/h1-4,7-8,11-13,19H,5-6,9-10H2,(H,28,29)(H,25,26,27). The third-order valence-electron chi connectivity index (χ3n) is 4.92. The van der Waals surface area contributed by atoms with E-state index >= 15 is 0 Å². The number of hydrogen-bond donors (Lipinski definition) is 2. The third-order valence-corrected chi connectivity index (χ3v) is 4.92. The van der Waals surface area contributed by atoms with Crippen LogP contribution in [0.15, 0.2) is 54.9 Å². The van der Waals surface area contributed by atoms with Gasteiger partial charge in [0.05, 0.1) is 24.3 Å². The van der Waals surface area contributed by atoms with E-state index in [0.717, 1.165) is 24.0 Å². The minimum absolute atomic E-state index is 0.0532. The number of carbonyl (C=O) groups is 1. The summed E-state index contributed by atoms with van der Waals surface area (Å²) in [6.07, 6.45) is 4.73. The van der Waals surface area contributed by atoms with E-state index in [2.05, 4.69) is 21.4 Å². The SMILES string of the molecule is N#Cc1cc(-c2ccnc(Nc3cc(C(=O)O)ccn3)c2)ccc1OC1CCOCC1. The van der Waals surface area contributed by atoms with Gasteiger partial charge in [-0.25, -0.2) is 14.8 Å². The molecule has 3 heterocycles. The summed E-state index contributed by atoms with van der Waals surface area (Å²) < 4.78 is 11.4. The molecule has 156 valence electrons. The molecule has 1 saturated heterocycles. The Kier molecular flexibility index (Phi) is 6.05. The van der Waals surface area contributed by atoms with Crippen molar-refractivity contribution in [2.45, 2.75) is 18.9 Å². The van der Waals surface area contributed by atoms with Crippen molar-refractivity contribution in [3.05, 3.63) is 66.0 Å². The fraction of sp³-hybridized carbons (Fsp3) is 0.217. The van der Waals surface area contributed by atoms with Gasteiger partial charge in [0.2, 0.25) is 0 Å². The molecule has 2 N–H and O–H groups in total. The van der Waals surface area contributed by atoms with E-state index in [1.165, 1.54) is 18.3 Å². The van der Waals surface area contributed by atoms with Crippen molar-refractivity contribution in [2.75, 3.05) is 18.5 Å². The lowest BCUT2D eigenvalue weighted by atomic mass is 10.0. The summed E-state index contributed by atoms with van der Waals surface area (Å²) in [5, 5.41) is 21.7. The molecule has 1 aromatic carbocycles. The number of nitrogens with one attached hydrogen (secondary N) is 1. The minimum Gasteiger partial charge on any atom is -0.489 e. The van der Waals surface area contributed by atoms with E-state index in [-0.39, 0.29) is 11.7 Å². The van der Waals surface area contributed by atoms with E-state index in [1.807, 2.05) is 24.3 Å². The Morgan fingerprint density at radius 1 is 1.06 bits per heavy atom. The predicted octanol–water partition coefficient (Wildman–Crippen LogP) is 4.01. The molecule has 0 aliphatic carbocycles. The van der Waals surface area contributed by atoms with Gasteiger partial charge in [-0.3, -0.25) is 0 Å². The molecule has 8 heteroatoms. The van der Waals surface area contributed by atoms with Gasteiger partial charge >= 0.3 is 5.97 Å². The van der Waals surface area contributed by atoms with Crippen LogP contribution < -0.4 is 10.1 Å². The van der Waals surface area contributed by atoms with Crippen LogP contribution in [0.5, 0.6) is 5.75 Å². The van der Waals surface area contributed by atoms with Gasteiger partial charge < -0.3 is 19.9 Å². The number of ether oxygens (including phenoxy) is 2. The number of nitrogens with zero attached hydrogens (tertiary/aromatic N) is 3. The van der Waals surface area contributed by atoms with Crippen LogP contribution in [-0.4, -0.2) is 40.4 Å². The van der Waals surface area contributed by atoms with Crippen LogP contribution in [0.4, 0.5) is 11.6 Å². The Morgan fingerprint density at radius 3 is 2.52 bits per heavy atom. The molecule has 3 aromatic rings. The van der Waals surface area contributed by atoms with Gasteiger partial charge in [0, 0.05) is 25.2 Å². The number of nitriles is 1. The summed E-state index contributed by atoms with van der Waals surface area (Å²) in [6.45, 7) is 1.34. The van der Waals surface area contributed by atoms with E-state index < -0.39 is 5.97 Å². The first kappa shape index (κ1) is 20.3. The van der Waals surface area contributed by atoms with Crippen molar-refractivity contribution in [3.63, 3.8) is 0 Å². The third kappa shape index (κ3) is 4.97. The number of carboxylic acids is 1.